The molecule has 4 atom stereocenters. The van der Waals surface area contributed by atoms with Crippen LogP contribution < -0.4 is 0 Å². The van der Waals surface area contributed by atoms with Crippen LogP contribution in [0.5, 0.6) is 11.5 Å². The average molecular weight is 345 g/mol. The highest BCUT2D eigenvalue weighted by molar-refractivity contribution is 5.96. The first kappa shape index (κ1) is 16.4. The van der Waals surface area contributed by atoms with Crippen molar-refractivity contribution in [2.24, 2.45) is 5.92 Å². The summed E-state index contributed by atoms with van der Waals surface area (Å²) in [6.45, 7) is 0.693. The molecule has 2 aliphatic carbocycles. The molecule has 0 amide bonds. The Hall–Kier alpha value is -2.05. The van der Waals surface area contributed by atoms with E-state index >= 15 is 0 Å². The number of phenols is 2. The number of Topliss-reactive ketones (excluding diaryl/α,β-unsaturated/α-hetero) is 1. The van der Waals surface area contributed by atoms with E-state index in [1.165, 1.54) is 13.2 Å². The summed E-state index contributed by atoms with van der Waals surface area (Å²) < 4.78 is 5.28. The van der Waals surface area contributed by atoms with Crippen molar-refractivity contribution in [3.8, 4) is 11.5 Å². The van der Waals surface area contributed by atoms with Crippen molar-refractivity contribution in [2.75, 3.05) is 27.3 Å². The Bertz CT molecular complexity index is 773. The van der Waals surface area contributed by atoms with Crippen molar-refractivity contribution in [2.45, 2.75) is 30.2 Å². The Morgan fingerprint density at radius 1 is 1.36 bits per heavy atom. The zero-order valence-electron chi connectivity index (χ0n) is 14.4. The van der Waals surface area contributed by atoms with Crippen LogP contribution in [0.25, 0.3) is 0 Å². The molecule has 1 aromatic rings. The van der Waals surface area contributed by atoms with E-state index in [1.54, 1.807) is 6.07 Å². The molecule has 1 saturated heterocycles. The van der Waals surface area contributed by atoms with Gasteiger partial charge in [0, 0.05) is 35.3 Å². The van der Waals surface area contributed by atoms with E-state index in [-0.39, 0.29) is 48.2 Å². The van der Waals surface area contributed by atoms with Crippen molar-refractivity contribution >= 4 is 5.78 Å². The molecule has 1 fully saturated rings. The number of ketones is 1. The summed E-state index contributed by atoms with van der Waals surface area (Å²) in [5, 5.41) is 30.9. The van der Waals surface area contributed by atoms with Crippen molar-refractivity contribution < 1.29 is 24.9 Å². The van der Waals surface area contributed by atoms with Crippen molar-refractivity contribution in [3.05, 3.63) is 35.1 Å². The highest BCUT2D eigenvalue weighted by Crippen LogP contribution is 2.60. The van der Waals surface area contributed by atoms with Crippen LogP contribution in [0.15, 0.2) is 24.0 Å². The number of allylic oxidation sites excluding steroid dienone is 1. The normalized spacial score (nSPS) is 34.1. The smallest absolute Gasteiger partial charge is 0.197 e. The van der Waals surface area contributed by atoms with Crippen LogP contribution in [0, 0.1) is 5.92 Å². The van der Waals surface area contributed by atoms with E-state index in [9.17, 15) is 20.1 Å². The van der Waals surface area contributed by atoms with Gasteiger partial charge in [0.2, 0.25) is 0 Å². The quantitative estimate of drug-likeness (QED) is 0.699. The minimum absolute atomic E-state index is 0.00782. The molecule has 0 saturated carbocycles. The van der Waals surface area contributed by atoms with Crippen LogP contribution in [-0.4, -0.2) is 59.4 Å². The third-order valence-electron chi connectivity index (χ3n) is 6.42. The fourth-order valence-corrected chi connectivity index (χ4v) is 5.32. The molecule has 3 N–H and O–H groups in total. The molecule has 1 unspecified atom stereocenters. The minimum Gasteiger partial charge on any atom is -0.504 e. The Balaban J connectivity index is 2.03. The molecule has 6 nitrogen and oxygen atoms in total. The molecular weight excluding hydrogens is 322 g/mol. The summed E-state index contributed by atoms with van der Waals surface area (Å²) >= 11 is 0. The number of hydrogen-bond donors (Lipinski definition) is 3. The van der Waals surface area contributed by atoms with Crippen molar-refractivity contribution in [3.63, 3.8) is 0 Å². The zero-order valence-corrected chi connectivity index (χ0v) is 14.4. The molecular formula is C19H23NO5. The summed E-state index contributed by atoms with van der Waals surface area (Å²) in [6, 6.07) is 3.24. The largest absolute Gasteiger partial charge is 0.504 e. The molecule has 0 aromatic heterocycles. The maximum absolute atomic E-state index is 12.6. The number of aromatic hydroxyl groups is 2. The number of hydrogen-bond acceptors (Lipinski definition) is 6. The fraction of sp³-hybridized carbons (Fsp3) is 0.526. The maximum Gasteiger partial charge on any atom is 0.197 e. The van der Waals surface area contributed by atoms with Gasteiger partial charge in [-0.1, -0.05) is 6.07 Å². The number of aliphatic hydroxyl groups is 1. The highest BCUT2D eigenvalue weighted by atomic mass is 16.5. The number of phenolic OH excluding ortho intramolecular Hbond substituents is 2. The summed E-state index contributed by atoms with van der Waals surface area (Å²) in [7, 11) is 3.52. The number of ether oxygens (including phenoxy) is 1. The van der Waals surface area contributed by atoms with Crippen LogP contribution in [-0.2, 0) is 14.9 Å². The second-order valence-electron chi connectivity index (χ2n) is 7.42. The SMILES string of the molecule is COC1=CC2[C@@H]3[C@H](CO)c4ccc(O)c(O)c4[C@]2(CCN3C)CC1=O. The van der Waals surface area contributed by atoms with Gasteiger partial charge in [-0.15, -0.1) is 0 Å². The number of rotatable bonds is 2. The summed E-state index contributed by atoms with van der Waals surface area (Å²) in [5.74, 6) is -0.358. The number of likely N-dealkylation sites (N-methyl/N-ethyl adjacent to an activating group) is 1. The molecule has 2 bridgehead atoms. The molecule has 4 rings (SSSR count). The first-order chi connectivity index (χ1) is 11.9. The molecule has 1 heterocycles. The van der Waals surface area contributed by atoms with Crippen LogP contribution in [0.1, 0.15) is 29.9 Å². The second-order valence-corrected chi connectivity index (χ2v) is 7.42. The number of aliphatic hydroxyl groups excluding tert-OH is 1. The summed E-state index contributed by atoms with van der Waals surface area (Å²) in [5.41, 5.74) is 0.883. The summed E-state index contributed by atoms with van der Waals surface area (Å²) in [4.78, 5) is 14.8. The van der Waals surface area contributed by atoms with Gasteiger partial charge in [-0.3, -0.25) is 4.79 Å². The molecule has 1 aliphatic heterocycles. The van der Waals surface area contributed by atoms with Gasteiger partial charge < -0.3 is 25.0 Å². The molecule has 1 aromatic carbocycles. The van der Waals surface area contributed by atoms with Gasteiger partial charge in [0.1, 0.15) is 0 Å². The lowest BCUT2D eigenvalue weighted by Crippen LogP contribution is -2.62. The molecule has 0 spiro atoms. The van der Waals surface area contributed by atoms with Gasteiger partial charge >= 0.3 is 0 Å². The van der Waals surface area contributed by atoms with Crippen molar-refractivity contribution in [1.82, 2.24) is 4.90 Å². The topological polar surface area (TPSA) is 90.2 Å². The van der Waals surface area contributed by atoms with Gasteiger partial charge in [0.25, 0.3) is 0 Å². The van der Waals surface area contributed by atoms with E-state index < -0.39 is 5.41 Å². The van der Waals surface area contributed by atoms with E-state index in [0.29, 0.717) is 17.7 Å². The van der Waals surface area contributed by atoms with Crippen LogP contribution in [0.3, 0.4) is 0 Å². The lowest BCUT2D eigenvalue weighted by atomic mass is 9.51. The number of nitrogens with zero attached hydrogens (tertiary/aromatic N) is 1. The Labute approximate surface area is 146 Å². The number of carbonyl (C=O) groups is 1. The monoisotopic (exact) mass is 345 g/mol. The van der Waals surface area contributed by atoms with Crippen LogP contribution in [0.4, 0.5) is 0 Å². The second kappa shape index (κ2) is 5.47. The first-order valence-corrected chi connectivity index (χ1v) is 8.60. The lowest BCUT2D eigenvalue weighted by molar-refractivity contribution is -0.123. The fourth-order valence-electron chi connectivity index (χ4n) is 5.32. The van der Waals surface area contributed by atoms with E-state index in [0.717, 1.165) is 12.1 Å². The minimum atomic E-state index is -0.569. The van der Waals surface area contributed by atoms with Crippen molar-refractivity contribution in [1.29, 1.82) is 0 Å². The molecule has 6 heteroatoms. The van der Waals surface area contributed by atoms with Gasteiger partial charge in [-0.2, -0.15) is 0 Å². The van der Waals surface area contributed by atoms with Crippen LogP contribution in [0.2, 0.25) is 0 Å². The summed E-state index contributed by atoms with van der Waals surface area (Å²) in [6.07, 6.45) is 2.80. The van der Waals surface area contributed by atoms with Gasteiger partial charge in [-0.05, 0) is 37.7 Å². The zero-order chi connectivity index (χ0) is 17.9. The van der Waals surface area contributed by atoms with E-state index in [1.807, 2.05) is 13.1 Å². The average Bonchev–Trinajstić information content (AvgIpc) is 2.60. The third-order valence-corrected chi connectivity index (χ3v) is 6.42. The number of benzene rings is 1. The van der Waals surface area contributed by atoms with Gasteiger partial charge in [0.15, 0.2) is 23.0 Å². The predicted molar refractivity (Wildman–Crippen MR) is 90.5 cm³/mol. The number of carbonyl (C=O) groups excluding carboxylic acids is 1. The standard InChI is InChI=1S/C19H23NO5/c1-20-6-5-19-8-14(23)15(25-2)7-12(19)17(20)11(9-21)10-3-4-13(22)18(24)16(10)19/h3-4,7,11-12,17,21-22,24H,5-6,8-9H2,1-2H3/t11-,12?,17+,19-/m1/s1. The number of methoxy groups -OCH3 is 1. The lowest BCUT2D eigenvalue weighted by Gasteiger charge is -2.58. The Morgan fingerprint density at radius 2 is 2.12 bits per heavy atom. The predicted octanol–water partition coefficient (Wildman–Crippen LogP) is 1.25. The highest BCUT2D eigenvalue weighted by Gasteiger charge is 2.59. The maximum atomic E-state index is 12.6. The van der Waals surface area contributed by atoms with E-state index in [2.05, 4.69) is 4.90 Å². The Kier molecular flexibility index (Phi) is 3.60. The van der Waals surface area contributed by atoms with Gasteiger partial charge in [0.05, 0.1) is 13.7 Å². The molecule has 3 aliphatic rings. The van der Waals surface area contributed by atoms with Crippen LogP contribution >= 0.6 is 0 Å². The molecule has 25 heavy (non-hydrogen) atoms. The van der Waals surface area contributed by atoms with Gasteiger partial charge in [-0.25, -0.2) is 0 Å². The number of fused-ring (bicyclic) bond motifs is 1. The molecule has 134 valence electrons. The third kappa shape index (κ3) is 2.01. The Morgan fingerprint density at radius 3 is 2.80 bits per heavy atom. The number of likely N-dealkylation sites (tertiary alicyclic amines) is 1. The molecule has 0 radical (unpaired) electrons. The van der Waals surface area contributed by atoms with E-state index in [4.69, 9.17) is 4.74 Å². The number of piperidine rings is 1. The first-order valence-electron chi connectivity index (χ1n) is 8.60.